The van der Waals surface area contributed by atoms with Crippen molar-refractivity contribution in [3.8, 4) is 0 Å². The first-order valence-corrected chi connectivity index (χ1v) is 11.2. The molecule has 0 radical (unpaired) electrons. The molecule has 1 saturated heterocycles. The topological polar surface area (TPSA) is 147 Å². The highest BCUT2D eigenvalue weighted by molar-refractivity contribution is 7.50. The van der Waals surface area contributed by atoms with Crippen LogP contribution >= 0.6 is 7.75 Å². The molecular formula is C17H33N6O5P. The molecule has 11 nitrogen and oxygen atoms in total. The second kappa shape index (κ2) is 12.5. The van der Waals surface area contributed by atoms with E-state index in [2.05, 4.69) is 27.3 Å². The summed E-state index contributed by atoms with van der Waals surface area (Å²) in [4.78, 5) is 44.9. The molecule has 12 heteroatoms. The number of hydrogen-bond donors (Lipinski definition) is 5. The number of hydrogen-bond acceptors (Lipinski definition) is 4. The van der Waals surface area contributed by atoms with Crippen LogP contribution in [0.25, 0.3) is 0 Å². The van der Waals surface area contributed by atoms with Crippen LogP contribution < -0.4 is 16.0 Å². The number of rotatable bonds is 13. The number of carbonyl (C=O) groups excluding carboxylic acids is 2. The number of carbonyl (C=O) groups is 2. The van der Waals surface area contributed by atoms with Crippen LogP contribution in [0.3, 0.4) is 0 Å². The van der Waals surface area contributed by atoms with Gasteiger partial charge in [-0.2, -0.15) is 0 Å². The summed E-state index contributed by atoms with van der Waals surface area (Å²) in [6.45, 7) is 7.88. The number of nitrogens with zero attached hydrogens (tertiary/aromatic N) is 3. The molecule has 1 atom stereocenters. The maximum Gasteiger partial charge on any atom is 0.451 e. The monoisotopic (exact) mass is 432 g/mol. The third-order valence-electron chi connectivity index (χ3n) is 4.38. The second-order valence-corrected chi connectivity index (χ2v) is 8.10. The van der Waals surface area contributed by atoms with Crippen LogP contribution in [0.15, 0.2) is 17.5 Å². The van der Waals surface area contributed by atoms with Gasteiger partial charge < -0.3 is 35.5 Å². The summed E-state index contributed by atoms with van der Waals surface area (Å²) in [5.41, 5.74) is 0. The Balaban J connectivity index is 2.37. The zero-order chi connectivity index (χ0) is 21.9. The molecule has 0 saturated carbocycles. The lowest BCUT2D eigenvalue weighted by molar-refractivity contribution is -0.123. The van der Waals surface area contributed by atoms with Gasteiger partial charge in [-0.05, 0) is 31.9 Å². The van der Waals surface area contributed by atoms with Crippen LogP contribution in [0.5, 0.6) is 0 Å². The van der Waals surface area contributed by atoms with Crippen molar-refractivity contribution in [2.24, 2.45) is 4.76 Å². The lowest BCUT2D eigenvalue weighted by Gasteiger charge is -2.21. The molecule has 1 rings (SSSR count). The van der Waals surface area contributed by atoms with Crippen molar-refractivity contribution in [2.45, 2.75) is 38.6 Å². The zero-order valence-electron chi connectivity index (χ0n) is 17.1. The summed E-state index contributed by atoms with van der Waals surface area (Å²) in [6, 6.07) is -0.394. The highest BCUT2D eigenvalue weighted by Gasteiger charge is 2.26. The minimum Gasteiger partial charge on any atom is -0.380 e. The molecule has 0 aromatic rings. The number of unbranched alkanes of at least 4 members (excludes halogenated alkanes) is 1. The average Bonchev–Trinajstić information content (AvgIpc) is 2.95. The molecule has 2 amide bonds. The number of amides is 2. The molecule has 1 fully saturated rings. The molecule has 0 aromatic heterocycles. The fraction of sp³-hybridized carbons (Fsp3) is 0.706. The molecule has 1 aliphatic heterocycles. The van der Waals surface area contributed by atoms with E-state index >= 15 is 0 Å². The summed E-state index contributed by atoms with van der Waals surface area (Å²) >= 11 is 0. The Morgan fingerprint density at radius 3 is 2.55 bits per heavy atom. The van der Waals surface area contributed by atoms with Gasteiger partial charge in [-0.3, -0.25) is 9.59 Å². The van der Waals surface area contributed by atoms with Gasteiger partial charge in [0.05, 0.1) is 0 Å². The van der Waals surface area contributed by atoms with E-state index < -0.39 is 13.8 Å². The van der Waals surface area contributed by atoms with Gasteiger partial charge in [0.25, 0.3) is 0 Å². The maximum atomic E-state index is 12.4. The first-order chi connectivity index (χ1) is 13.6. The molecular weight excluding hydrogens is 399 g/mol. The Morgan fingerprint density at radius 2 is 1.93 bits per heavy atom. The van der Waals surface area contributed by atoms with Crippen molar-refractivity contribution in [1.82, 2.24) is 25.8 Å². The van der Waals surface area contributed by atoms with E-state index in [1.165, 1.54) is 13.1 Å². The zero-order valence-corrected chi connectivity index (χ0v) is 18.0. The molecule has 166 valence electrons. The quantitative estimate of drug-likeness (QED) is 0.195. The van der Waals surface area contributed by atoms with Crippen LogP contribution in [0.1, 0.15) is 32.6 Å². The van der Waals surface area contributed by atoms with Crippen molar-refractivity contribution in [3.05, 3.63) is 12.8 Å². The van der Waals surface area contributed by atoms with E-state index in [-0.39, 0.29) is 17.8 Å². The Bertz CT molecular complexity index is 638. The fourth-order valence-electron chi connectivity index (χ4n) is 2.96. The molecule has 1 heterocycles. The van der Waals surface area contributed by atoms with Gasteiger partial charge >= 0.3 is 7.75 Å². The maximum absolute atomic E-state index is 12.4. The largest absolute Gasteiger partial charge is 0.451 e. The summed E-state index contributed by atoms with van der Waals surface area (Å²) in [5.74, 6) is 0.0730. The van der Waals surface area contributed by atoms with Gasteiger partial charge in [0, 0.05) is 46.7 Å². The highest BCUT2D eigenvalue weighted by atomic mass is 31.2. The Hall–Kier alpha value is -2.10. The predicted octanol–water partition coefficient (Wildman–Crippen LogP) is -0.403. The molecule has 1 aliphatic rings. The Labute approximate surface area is 171 Å². The number of likely N-dealkylation sites (N-methyl/N-ethyl adjacent to an activating group) is 1. The summed E-state index contributed by atoms with van der Waals surface area (Å²) in [6.07, 6.45) is 4.29. The predicted molar refractivity (Wildman–Crippen MR) is 111 cm³/mol. The van der Waals surface area contributed by atoms with Gasteiger partial charge in [-0.15, -0.1) is 4.76 Å². The van der Waals surface area contributed by atoms with Crippen LogP contribution in [0, 0.1) is 0 Å². The molecule has 0 aliphatic carbocycles. The third kappa shape index (κ3) is 10.3. The van der Waals surface area contributed by atoms with Crippen molar-refractivity contribution in [2.75, 3.05) is 39.8 Å². The van der Waals surface area contributed by atoms with Gasteiger partial charge in [0.1, 0.15) is 6.04 Å². The van der Waals surface area contributed by atoms with E-state index in [9.17, 15) is 14.2 Å². The smallest absolute Gasteiger partial charge is 0.380 e. The molecule has 0 spiro atoms. The van der Waals surface area contributed by atoms with Crippen LogP contribution in [0.4, 0.5) is 0 Å². The van der Waals surface area contributed by atoms with E-state index in [1.807, 2.05) is 0 Å². The van der Waals surface area contributed by atoms with Gasteiger partial charge in [-0.25, -0.2) is 4.57 Å². The fourth-order valence-corrected chi connectivity index (χ4v) is 3.47. The van der Waals surface area contributed by atoms with Crippen molar-refractivity contribution in [3.63, 3.8) is 0 Å². The van der Waals surface area contributed by atoms with Crippen molar-refractivity contribution >= 4 is 25.5 Å². The van der Waals surface area contributed by atoms with Crippen molar-refractivity contribution in [1.29, 1.82) is 0 Å². The van der Waals surface area contributed by atoms with E-state index in [1.54, 1.807) is 16.8 Å². The summed E-state index contributed by atoms with van der Waals surface area (Å²) in [5, 5.41) is 8.54. The number of nitrogens with one attached hydrogen (secondary N) is 3. The lowest BCUT2D eigenvalue weighted by Crippen LogP contribution is -2.43. The molecule has 0 aromatic carbocycles. The van der Waals surface area contributed by atoms with Gasteiger partial charge in [-0.1, -0.05) is 6.58 Å². The van der Waals surface area contributed by atoms with Gasteiger partial charge in [0.15, 0.2) is 0 Å². The van der Waals surface area contributed by atoms with Crippen LogP contribution in [-0.2, 0) is 14.2 Å². The minimum absolute atomic E-state index is 0.0679. The molecule has 5 N–H and O–H groups in total. The SMILES string of the molecule is C=CN[C@H](CCCCNC(C)=O)C(=O)NCCCN1CCN(C)C1=NP(=O)(O)O. The van der Waals surface area contributed by atoms with E-state index in [4.69, 9.17) is 9.79 Å². The van der Waals surface area contributed by atoms with Crippen LogP contribution in [0.2, 0.25) is 0 Å². The van der Waals surface area contributed by atoms with E-state index in [0.717, 1.165) is 12.8 Å². The first-order valence-electron chi connectivity index (χ1n) is 9.65. The Kier molecular flexibility index (Phi) is 10.7. The van der Waals surface area contributed by atoms with Gasteiger partial charge in [0.2, 0.25) is 17.8 Å². The number of guanidine groups is 1. The highest BCUT2D eigenvalue weighted by Crippen LogP contribution is 2.37. The normalized spacial score (nSPS) is 16.6. The lowest BCUT2D eigenvalue weighted by atomic mass is 10.1. The standard InChI is InChI=1S/C17H33N6O5P/c1-4-18-15(8-5-6-9-19-14(2)24)16(25)20-10-7-11-23-13-12-22(3)17(23)21-29(26,27)28/h4,15,18H,1,5-13H2,2-3H3,(H,19,24)(H,20,25)(H2,26,27,28)/t15-/m1/s1. The van der Waals surface area contributed by atoms with Crippen LogP contribution in [-0.4, -0.2) is 83.2 Å². The second-order valence-electron chi connectivity index (χ2n) is 6.87. The third-order valence-corrected chi connectivity index (χ3v) is 4.82. The average molecular weight is 432 g/mol. The molecule has 29 heavy (non-hydrogen) atoms. The molecule has 0 unspecified atom stereocenters. The Morgan fingerprint density at radius 1 is 1.24 bits per heavy atom. The first kappa shape index (κ1) is 24.9. The molecule has 0 bridgehead atoms. The van der Waals surface area contributed by atoms with Crippen molar-refractivity contribution < 1.29 is 23.9 Å². The van der Waals surface area contributed by atoms with E-state index in [0.29, 0.717) is 45.6 Å². The summed E-state index contributed by atoms with van der Waals surface area (Å²) < 4.78 is 14.7. The summed E-state index contributed by atoms with van der Waals surface area (Å²) in [7, 11) is -2.76. The minimum atomic E-state index is -4.49.